The molecule has 0 bridgehead atoms. The van der Waals surface area contributed by atoms with Gasteiger partial charge in [0.2, 0.25) is 0 Å². The van der Waals surface area contributed by atoms with Crippen molar-refractivity contribution in [2.45, 2.75) is 6.04 Å². The highest BCUT2D eigenvalue weighted by Crippen LogP contribution is 2.14. The van der Waals surface area contributed by atoms with Crippen molar-refractivity contribution in [1.82, 2.24) is 0 Å². The average molecular weight is 180 g/mol. The van der Waals surface area contributed by atoms with E-state index in [-0.39, 0.29) is 12.2 Å². The highest BCUT2D eigenvalue weighted by atomic mass is 19.1. The third kappa shape index (κ3) is 2.25. The molecule has 0 saturated heterocycles. The first kappa shape index (κ1) is 9.65. The van der Waals surface area contributed by atoms with Crippen molar-refractivity contribution in [2.24, 2.45) is 5.73 Å². The summed E-state index contributed by atoms with van der Waals surface area (Å²) in [6.45, 7) is -0.270. The lowest BCUT2D eigenvalue weighted by molar-refractivity contribution is 0.268. The molecule has 0 saturated carbocycles. The Labute approximate surface area is 75.2 Å². The molecule has 1 atom stereocenters. The van der Waals surface area contributed by atoms with Gasteiger partial charge in [-0.2, -0.15) is 5.26 Å². The number of nitriles is 1. The minimum Gasteiger partial charge on any atom is -0.394 e. The molecular weight excluding hydrogens is 171 g/mol. The van der Waals surface area contributed by atoms with Crippen LogP contribution in [-0.4, -0.2) is 11.7 Å². The van der Waals surface area contributed by atoms with Crippen LogP contribution >= 0.6 is 0 Å². The van der Waals surface area contributed by atoms with Crippen molar-refractivity contribution in [3.05, 3.63) is 35.1 Å². The van der Waals surface area contributed by atoms with Crippen molar-refractivity contribution in [1.29, 1.82) is 5.26 Å². The van der Waals surface area contributed by atoms with Crippen LogP contribution in [0.3, 0.4) is 0 Å². The van der Waals surface area contributed by atoms with Crippen LogP contribution in [0, 0.1) is 17.1 Å². The molecule has 0 aromatic heterocycles. The van der Waals surface area contributed by atoms with Gasteiger partial charge in [0, 0.05) is 0 Å². The van der Waals surface area contributed by atoms with Crippen molar-refractivity contribution in [2.75, 3.05) is 6.61 Å². The van der Waals surface area contributed by atoms with Gasteiger partial charge < -0.3 is 10.8 Å². The van der Waals surface area contributed by atoms with E-state index in [2.05, 4.69) is 0 Å². The molecule has 3 nitrogen and oxygen atoms in total. The van der Waals surface area contributed by atoms with Crippen molar-refractivity contribution in [3.63, 3.8) is 0 Å². The summed E-state index contributed by atoms with van der Waals surface area (Å²) in [5, 5.41) is 17.2. The number of halogens is 1. The topological polar surface area (TPSA) is 70.0 Å². The van der Waals surface area contributed by atoms with E-state index in [1.807, 2.05) is 6.07 Å². The Bertz CT molecular complexity index is 346. The van der Waals surface area contributed by atoms with Crippen LogP contribution in [0.1, 0.15) is 17.2 Å². The number of nitrogens with zero attached hydrogens (tertiary/aromatic N) is 1. The maximum absolute atomic E-state index is 12.8. The summed E-state index contributed by atoms with van der Waals surface area (Å²) in [6.07, 6.45) is 0. The molecule has 68 valence electrons. The lowest BCUT2D eigenvalue weighted by Crippen LogP contribution is -2.14. The maximum Gasteiger partial charge on any atom is 0.124 e. The van der Waals surface area contributed by atoms with Crippen molar-refractivity contribution >= 4 is 0 Å². The number of aliphatic hydroxyl groups is 1. The van der Waals surface area contributed by atoms with E-state index < -0.39 is 11.9 Å². The Balaban J connectivity index is 3.10. The van der Waals surface area contributed by atoms with Crippen LogP contribution in [0.4, 0.5) is 4.39 Å². The van der Waals surface area contributed by atoms with Crippen LogP contribution in [0.15, 0.2) is 18.2 Å². The molecule has 0 unspecified atom stereocenters. The third-order valence-corrected chi connectivity index (χ3v) is 1.67. The number of hydrogen-bond acceptors (Lipinski definition) is 3. The first-order valence-corrected chi connectivity index (χ1v) is 3.74. The van der Waals surface area contributed by atoms with E-state index in [9.17, 15) is 4.39 Å². The fourth-order valence-electron chi connectivity index (χ4n) is 0.996. The smallest absolute Gasteiger partial charge is 0.124 e. The van der Waals surface area contributed by atoms with Gasteiger partial charge in [-0.25, -0.2) is 4.39 Å². The van der Waals surface area contributed by atoms with Gasteiger partial charge in [0.05, 0.1) is 24.3 Å². The summed E-state index contributed by atoms with van der Waals surface area (Å²) in [5.41, 5.74) is 6.10. The lowest BCUT2D eigenvalue weighted by Gasteiger charge is -2.08. The summed E-state index contributed by atoms with van der Waals surface area (Å²) < 4.78 is 12.8. The van der Waals surface area contributed by atoms with E-state index in [1.54, 1.807) is 0 Å². The zero-order chi connectivity index (χ0) is 9.84. The Hall–Kier alpha value is -1.44. The van der Waals surface area contributed by atoms with Gasteiger partial charge in [0.25, 0.3) is 0 Å². The van der Waals surface area contributed by atoms with Gasteiger partial charge in [-0.3, -0.25) is 0 Å². The SMILES string of the molecule is N#Cc1cc(F)cc([C@@H](N)CO)c1. The summed E-state index contributed by atoms with van der Waals surface area (Å²) in [7, 11) is 0. The number of rotatable bonds is 2. The molecule has 13 heavy (non-hydrogen) atoms. The molecule has 3 N–H and O–H groups in total. The molecule has 0 spiro atoms. The van der Waals surface area contributed by atoms with Crippen LogP contribution in [0.5, 0.6) is 0 Å². The van der Waals surface area contributed by atoms with Gasteiger partial charge in [-0.15, -0.1) is 0 Å². The second-order valence-corrected chi connectivity index (χ2v) is 2.67. The van der Waals surface area contributed by atoms with E-state index in [0.717, 1.165) is 6.07 Å². The lowest BCUT2D eigenvalue weighted by atomic mass is 10.1. The Morgan fingerprint density at radius 3 is 2.77 bits per heavy atom. The van der Waals surface area contributed by atoms with Crippen LogP contribution in [0.2, 0.25) is 0 Å². The van der Waals surface area contributed by atoms with Gasteiger partial charge in [0.15, 0.2) is 0 Å². The average Bonchev–Trinajstić information content (AvgIpc) is 2.15. The highest BCUT2D eigenvalue weighted by molar-refractivity contribution is 5.34. The van der Waals surface area contributed by atoms with E-state index in [0.29, 0.717) is 5.56 Å². The van der Waals surface area contributed by atoms with Crippen LogP contribution in [0.25, 0.3) is 0 Å². The van der Waals surface area contributed by atoms with Gasteiger partial charge >= 0.3 is 0 Å². The normalized spacial score (nSPS) is 12.2. The molecule has 0 heterocycles. The Kier molecular flexibility index (Phi) is 2.96. The minimum atomic E-state index is -0.636. The molecule has 4 heteroatoms. The fourth-order valence-corrected chi connectivity index (χ4v) is 0.996. The van der Waals surface area contributed by atoms with Crippen LogP contribution in [-0.2, 0) is 0 Å². The zero-order valence-corrected chi connectivity index (χ0v) is 6.87. The monoisotopic (exact) mass is 180 g/mol. The summed E-state index contributed by atoms with van der Waals surface area (Å²) in [5.74, 6) is -0.516. The Morgan fingerprint density at radius 1 is 1.54 bits per heavy atom. The number of nitrogens with two attached hydrogens (primary N) is 1. The Morgan fingerprint density at radius 2 is 2.23 bits per heavy atom. The molecule has 1 aromatic rings. The number of aliphatic hydroxyl groups excluding tert-OH is 1. The van der Waals surface area contributed by atoms with E-state index >= 15 is 0 Å². The van der Waals surface area contributed by atoms with Crippen LogP contribution < -0.4 is 5.73 Å². The molecular formula is C9H9FN2O. The predicted octanol–water partition coefficient (Wildman–Crippen LogP) is 0.689. The molecule has 0 aliphatic rings. The molecule has 1 rings (SSSR count). The molecule has 0 radical (unpaired) electrons. The first-order chi connectivity index (χ1) is 6.17. The second kappa shape index (κ2) is 3.99. The predicted molar refractivity (Wildman–Crippen MR) is 45.1 cm³/mol. The molecule has 0 fully saturated rings. The number of benzene rings is 1. The zero-order valence-electron chi connectivity index (χ0n) is 6.87. The van der Waals surface area contributed by atoms with Gasteiger partial charge in [0.1, 0.15) is 5.82 Å². The molecule has 0 aliphatic heterocycles. The van der Waals surface area contributed by atoms with Gasteiger partial charge in [-0.1, -0.05) is 0 Å². The summed E-state index contributed by atoms with van der Waals surface area (Å²) in [6, 6.07) is 4.96. The standard InChI is InChI=1S/C9H9FN2O/c10-8-2-6(4-11)1-7(3-8)9(12)5-13/h1-3,9,13H,5,12H2/t9-/m0/s1. The maximum atomic E-state index is 12.8. The third-order valence-electron chi connectivity index (χ3n) is 1.67. The van der Waals surface area contributed by atoms with E-state index in [4.69, 9.17) is 16.1 Å². The minimum absolute atomic E-state index is 0.207. The number of hydrogen-bond donors (Lipinski definition) is 2. The largest absolute Gasteiger partial charge is 0.394 e. The fraction of sp³-hybridized carbons (Fsp3) is 0.222. The second-order valence-electron chi connectivity index (χ2n) is 2.67. The summed E-state index contributed by atoms with van der Waals surface area (Å²) >= 11 is 0. The molecule has 1 aromatic carbocycles. The first-order valence-electron chi connectivity index (χ1n) is 3.74. The van der Waals surface area contributed by atoms with Gasteiger partial charge in [-0.05, 0) is 23.8 Å². The quantitative estimate of drug-likeness (QED) is 0.703. The highest BCUT2D eigenvalue weighted by Gasteiger charge is 2.07. The molecule has 0 amide bonds. The van der Waals surface area contributed by atoms with E-state index in [1.165, 1.54) is 12.1 Å². The summed E-state index contributed by atoms with van der Waals surface area (Å²) in [4.78, 5) is 0. The van der Waals surface area contributed by atoms with Crippen molar-refractivity contribution < 1.29 is 9.50 Å². The van der Waals surface area contributed by atoms with Crippen molar-refractivity contribution in [3.8, 4) is 6.07 Å². The molecule has 0 aliphatic carbocycles.